The van der Waals surface area contributed by atoms with Gasteiger partial charge in [-0.05, 0) is 31.8 Å². The Morgan fingerprint density at radius 3 is 2.74 bits per heavy atom. The van der Waals surface area contributed by atoms with Gasteiger partial charge in [0, 0.05) is 13.6 Å². The van der Waals surface area contributed by atoms with E-state index in [9.17, 15) is 14.7 Å². The molecule has 6 nitrogen and oxygen atoms in total. The molecule has 0 bridgehead atoms. The Hall–Kier alpha value is -2.08. The molecule has 1 heterocycles. The molecular formula is C13H16N2O4. The molecule has 0 aliphatic heterocycles. The quantitative estimate of drug-likeness (QED) is 0.886. The molecule has 102 valence electrons. The standard InChI is InChI=1S/C13H16N2O4/c1-14(2)7-9(12(16)17)8-4-5-11-10(6-8)15(3)13(18)19-11/h4-6,9H,7H2,1-3H3,(H,16,17). The van der Waals surface area contributed by atoms with Crippen LogP contribution in [0.2, 0.25) is 0 Å². The number of benzene rings is 1. The number of fused-ring (bicyclic) bond motifs is 1. The van der Waals surface area contributed by atoms with E-state index >= 15 is 0 Å². The van der Waals surface area contributed by atoms with Gasteiger partial charge in [0.1, 0.15) is 0 Å². The molecule has 0 radical (unpaired) electrons. The van der Waals surface area contributed by atoms with Crippen molar-refractivity contribution in [2.75, 3.05) is 20.6 Å². The van der Waals surface area contributed by atoms with E-state index in [0.717, 1.165) is 0 Å². The highest BCUT2D eigenvalue weighted by atomic mass is 16.4. The lowest BCUT2D eigenvalue weighted by Crippen LogP contribution is -2.26. The fraction of sp³-hybridized carbons (Fsp3) is 0.385. The maximum Gasteiger partial charge on any atom is 0.419 e. The van der Waals surface area contributed by atoms with Gasteiger partial charge in [-0.3, -0.25) is 9.36 Å². The molecule has 1 atom stereocenters. The van der Waals surface area contributed by atoms with E-state index in [4.69, 9.17) is 4.42 Å². The first kappa shape index (κ1) is 13.4. The minimum atomic E-state index is -0.887. The number of aliphatic carboxylic acids is 1. The second kappa shape index (κ2) is 4.89. The lowest BCUT2D eigenvalue weighted by atomic mass is 9.98. The Morgan fingerprint density at radius 2 is 2.16 bits per heavy atom. The summed E-state index contributed by atoms with van der Waals surface area (Å²) in [6, 6.07) is 5.02. The SMILES string of the molecule is CN(C)CC(C(=O)O)c1ccc2oc(=O)n(C)c2c1. The molecule has 1 aromatic carbocycles. The number of carboxylic acid groups (broad SMARTS) is 1. The average molecular weight is 264 g/mol. The maximum absolute atomic E-state index is 11.4. The van der Waals surface area contributed by atoms with Crippen LogP contribution in [-0.2, 0) is 11.8 Å². The summed E-state index contributed by atoms with van der Waals surface area (Å²) in [5, 5.41) is 9.30. The molecule has 2 aromatic rings. The van der Waals surface area contributed by atoms with Crippen LogP contribution in [0.1, 0.15) is 11.5 Å². The molecular weight excluding hydrogens is 248 g/mol. The van der Waals surface area contributed by atoms with Crippen LogP contribution in [0.4, 0.5) is 0 Å². The molecule has 0 saturated heterocycles. The Bertz CT molecular complexity index is 669. The number of carbonyl (C=O) groups is 1. The topological polar surface area (TPSA) is 75.7 Å². The van der Waals surface area contributed by atoms with Crippen LogP contribution in [0, 0.1) is 0 Å². The Balaban J connectivity index is 2.51. The summed E-state index contributed by atoms with van der Waals surface area (Å²) in [6.45, 7) is 0.395. The van der Waals surface area contributed by atoms with E-state index in [0.29, 0.717) is 23.2 Å². The highest BCUT2D eigenvalue weighted by Gasteiger charge is 2.21. The lowest BCUT2D eigenvalue weighted by Gasteiger charge is -2.17. The van der Waals surface area contributed by atoms with Crippen LogP contribution in [0.25, 0.3) is 11.1 Å². The number of nitrogens with zero attached hydrogens (tertiary/aromatic N) is 2. The summed E-state index contributed by atoms with van der Waals surface area (Å²) in [5.74, 6) is -1.97. The van der Waals surface area contributed by atoms with Crippen LogP contribution < -0.4 is 5.76 Å². The van der Waals surface area contributed by atoms with E-state index < -0.39 is 17.6 Å². The second-order valence-electron chi connectivity index (χ2n) is 4.81. The summed E-state index contributed by atoms with van der Waals surface area (Å²) in [4.78, 5) is 24.6. The molecule has 1 aromatic heterocycles. The normalized spacial score (nSPS) is 13.1. The number of rotatable bonds is 4. The van der Waals surface area contributed by atoms with E-state index in [2.05, 4.69) is 0 Å². The van der Waals surface area contributed by atoms with Crippen molar-refractivity contribution in [1.82, 2.24) is 9.47 Å². The smallest absolute Gasteiger partial charge is 0.419 e. The molecule has 0 spiro atoms. The van der Waals surface area contributed by atoms with Crippen molar-refractivity contribution < 1.29 is 14.3 Å². The van der Waals surface area contributed by atoms with Crippen molar-refractivity contribution in [3.05, 3.63) is 34.3 Å². The number of aryl methyl sites for hydroxylation is 1. The predicted octanol–water partition coefficient (Wildman–Crippen LogP) is 0.861. The third-order valence-corrected chi connectivity index (χ3v) is 3.06. The molecule has 2 rings (SSSR count). The summed E-state index contributed by atoms with van der Waals surface area (Å²) in [6.07, 6.45) is 0. The molecule has 1 unspecified atom stereocenters. The first-order valence-corrected chi connectivity index (χ1v) is 5.87. The zero-order valence-corrected chi connectivity index (χ0v) is 11.1. The summed E-state index contributed by atoms with van der Waals surface area (Å²) >= 11 is 0. The van der Waals surface area contributed by atoms with Crippen molar-refractivity contribution in [3.63, 3.8) is 0 Å². The van der Waals surface area contributed by atoms with Gasteiger partial charge < -0.3 is 14.4 Å². The van der Waals surface area contributed by atoms with Gasteiger partial charge >= 0.3 is 11.7 Å². The molecule has 6 heteroatoms. The van der Waals surface area contributed by atoms with Crippen LogP contribution in [0.3, 0.4) is 0 Å². The lowest BCUT2D eigenvalue weighted by molar-refractivity contribution is -0.139. The largest absolute Gasteiger partial charge is 0.481 e. The number of likely N-dealkylation sites (N-methyl/N-ethyl adjacent to an activating group) is 1. The van der Waals surface area contributed by atoms with Gasteiger partial charge in [0.25, 0.3) is 0 Å². The highest BCUT2D eigenvalue weighted by molar-refractivity contribution is 5.80. The predicted molar refractivity (Wildman–Crippen MR) is 70.4 cm³/mol. The third kappa shape index (κ3) is 2.53. The summed E-state index contributed by atoms with van der Waals surface area (Å²) < 4.78 is 6.39. The molecule has 1 N–H and O–H groups in total. The molecule has 0 amide bonds. The van der Waals surface area contributed by atoms with E-state index in [1.54, 1.807) is 25.2 Å². The fourth-order valence-electron chi connectivity index (χ4n) is 2.05. The number of hydrogen-bond acceptors (Lipinski definition) is 4. The maximum atomic E-state index is 11.4. The number of carboxylic acids is 1. The number of oxazole rings is 1. The Kier molecular flexibility index (Phi) is 3.44. The zero-order valence-electron chi connectivity index (χ0n) is 11.1. The van der Waals surface area contributed by atoms with Crippen molar-refractivity contribution >= 4 is 17.1 Å². The van der Waals surface area contributed by atoms with Gasteiger partial charge in [-0.1, -0.05) is 6.07 Å². The Morgan fingerprint density at radius 1 is 1.47 bits per heavy atom. The molecule has 0 fully saturated rings. The average Bonchev–Trinajstić information content (AvgIpc) is 2.61. The third-order valence-electron chi connectivity index (χ3n) is 3.06. The minimum Gasteiger partial charge on any atom is -0.481 e. The zero-order chi connectivity index (χ0) is 14.2. The van der Waals surface area contributed by atoms with Gasteiger partial charge in [0.15, 0.2) is 5.58 Å². The summed E-state index contributed by atoms with van der Waals surface area (Å²) in [7, 11) is 5.24. The van der Waals surface area contributed by atoms with Crippen LogP contribution in [-0.4, -0.2) is 41.2 Å². The van der Waals surface area contributed by atoms with Crippen LogP contribution in [0.15, 0.2) is 27.4 Å². The van der Waals surface area contributed by atoms with Crippen LogP contribution in [0.5, 0.6) is 0 Å². The van der Waals surface area contributed by atoms with Crippen LogP contribution >= 0.6 is 0 Å². The first-order valence-electron chi connectivity index (χ1n) is 5.87. The van der Waals surface area contributed by atoms with Crippen molar-refractivity contribution in [1.29, 1.82) is 0 Å². The molecule has 19 heavy (non-hydrogen) atoms. The van der Waals surface area contributed by atoms with Gasteiger partial charge in [-0.2, -0.15) is 0 Å². The van der Waals surface area contributed by atoms with Crippen molar-refractivity contribution in [2.24, 2.45) is 7.05 Å². The minimum absolute atomic E-state index is 0.395. The summed E-state index contributed by atoms with van der Waals surface area (Å²) in [5.41, 5.74) is 1.72. The van der Waals surface area contributed by atoms with E-state index in [-0.39, 0.29) is 0 Å². The van der Waals surface area contributed by atoms with E-state index in [1.807, 2.05) is 19.0 Å². The molecule has 0 aliphatic rings. The number of aromatic nitrogens is 1. The van der Waals surface area contributed by atoms with Gasteiger partial charge in [-0.25, -0.2) is 4.79 Å². The first-order chi connectivity index (χ1) is 8.90. The molecule has 0 saturated carbocycles. The van der Waals surface area contributed by atoms with Crippen molar-refractivity contribution in [3.8, 4) is 0 Å². The van der Waals surface area contributed by atoms with E-state index in [1.165, 1.54) is 4.57 Å². The monoisotopic (exact) mass is 264 g/mol. The highest BCUT2D eigenvalue weighted by Crippen LogP contribution is 2.22. The fourth-order valence-corrected chi connectivity index (χ4v) is 2.05. The van der Waals surface area contributed by atoms with Gasteiger partial charge in [0.05, 0.1) is 11.4 Å². The van der Waals surface area contributed by atoms with Crippen molar-refractivity contribution in [2.45, 2.75) is 5.92 Å². The molecule has 0 aliphatic carbocycles. The van der Waals surface area contributed by atoms with Gasteiger partial charge in [0.2, 0.25) is 0 Å². The number of hydrogen-bond donors (Lipinski definition) is 1. The second-order valence-corrected chi connectivity index (χ2v) is 4.81. The van der Waals surface area contributed by atoms with Gasteiger partial charge in [-0.15, -0.1) is 0 Å². The Labute approximate surface area is 109 Å².